The Morgan fingerprint density at radius 1 is 1.53 bits per heavy atom. The molecule has 15 heavy (non-hydrogen) atoms. The summed E-state index contributed by atoms with van der Waals surface area (Å²) in [6.45, 7) is -0.240. The Morgan fingerprint density at radius 2 is 2.20 bits per heavy atom. The third-order valence-electron chi connectivity index (χ3n) is 1.65. The number of halogens is 1. The number of rotatable bonds is 3. The molecule has 0 fully saturated rings. The van der Waals surface area contributed by atoms with Gasteiger partial charge in [-0.15, -0.1) is 0 Å². The van der Waals surface area contributed by atoms with Crippen LogP contribution in [0.1, 0.15) is 11.1 Å². The minimum absolute atomic E-state index is 0.128. The van der Waals surface area contributed by atoms with Crippen LogP contribution in [0.25, 0.3) is 0 Å². The van der Waals surface area contributed by atoms with Gasteiger partial charge in [-0.05, 0) is 12.1 Å². The molecule has 0 aliphatic carbocycles. The van der Waals surface area contributed by atoms with E-state index in [-0.39, 0.29) is 17.7 Å². The van der Waals surface area contributed by atoms with Gasteiger partial charge in [0, 0.05) is 12.1 Å². The molecule has 0 amide bonds. The van der Waals surface area contributed by atoms with Gasteiger partial charge in [0.05, 0.1) is 11.6 Å². The smallest absolute Gasteiger partial charge is 0.216 e. The van der Waals surface area contributed by atoms with Crippen LogP contribution in [0.2, 0.25) is 0 Å². The fourth-order valence-electron chi connectivity index (χ4n) is 0.939. The highest BCUT2D eigenvalue weighted by Gasteiger charge is 2.06. The molecule has 1 aromatic rings. The second-order valence-corrected chi connectivity index (χ2v) is 4.16. The van der Waals surface area contributed by atoms with Crippen LogP contribution in [0.15, 0.2) is 18.2 Å². The zero-order chi connectivity index (χ0) is 11.5. The molecule has 5 nitrogen and oxygen atoms in total. The van der Waals surface area contributed by atoms with Gasteiger partial charge in [-0.25, -0.2) is 9.53 Å². The highest BCUT2D eigenvalue weighted by atomic mass is 32.2. The van der Waals surface area contributed by atoms with Crippen LogP contribution in [0.3, 0.4) is 0 Å². The Bertz CT molecular complexity index is 507. The largest absolute Gasteiger partial charge is 0.274 e. The average molecular weight is 229 g/mol. The molecule has 7 heteroatoms. The van der Waals surface area contributed by atoms with Crippen LogP contribution >= 0.6 is 0 Å². The molecule has 0 aliphatic rings. The molecule has 0 aliphatic heterocycles. The molecule has 0 saturated carbocycles. The molecular formula is C8H8FN3O2S. The van der Waals surface area contributed by atoms with E-state index in [9.17, 15) is 12.8 Å². The van der Waals surface area contributed by atoms with E-state index in [0.29, 0.717) is 0 Å². The lowest BCUT2D eigenvalue weighted by atomic mass is 10.1. The molecule has 1 aromatic carbocycles. The van der Waals surface area contributed by atoms with E-state index in [1.165, 1.54) is 12.1 Å². The van der Waals surface area contributed by atoms with Gasteiger partial charge >= 0.3 is 0 Å². The van der Waals surface area contributed by atoms with Crippen LogP contribution in [-0.4, -0.2) is 8.42 Å². The third-order valence-corrected chi connectivity index (χ3v) is 2.19. The summed E-state index contributed by atoms with van der Waals surface area (Å²) < 4.78 is 36.2. The molecule has 0 spiro atoms. The SMILES string of the molecule is N#Cc1ccc(CNS(N)(=O)=O)c(F)c1. The first-order valence-electron chi connectivity index (χ1n) is 3.88. The minimum Gasteiger partial charge on any atom is -0.216 e. The first-order chi connectivity index (χ1) is 6.92. The van der Waals surface area contributed by atoms with Gasteiger partial charge in [0.2, 0.25) is 0 Å². The van der Waals surface area contributed by atoms with Gasteiger partial charge in [-0.1, -0.05) is 6.07 Å². The zero-order valence-electron chi connectivity index (χ0n) is 7.57. The molecule has 0 atom stereocenters. The number of benzene rings is 1. The van der Waals surface area contributed by atoms with Crippen LogP contribution in [0.5, 0.6) is 0 Å². The Kier molecular flexibility index (Phi) is 3.36. The van der Waals surface area contributed by atoms with Crippen molar-refractivity contribution in [2.24, 2.45) is 5.14 Å². The van der Waals surface area contributed by atoms with E-state index >= 15 is 0 Å². The molecular weight excluding hydrogens is 221 g/mol. The highest BCUT2D eigenvalue weighted by Crippen LogP contribution is 2.09. The van der Waals surface area contributed by atoms with Crippen molar-refractivity contribution >= 4 is 10.2 Å². The molecule has 3 N–H and O–H groups in total. The third kappa shape index (κ3) is 3.63. The van der Waals surface area contributed by atoms with Crippen LogP contribution < -0.4 is 9.86 Å². The summed E-state index contributed by atoms with van der Waals surface area (Å²) in [6.07, 6.45) is 0. The summed E-state index contributed by atoms with van der Waals surface area (Å²) in [5.41, 5.74) is 0.301. The summed E-state index contributed by atoms with van der Waals surface area (Å²) >= 11 is 0. The van der Waals surface area contributed by atoms with Gasteiger partial charge in [-0.2, -0.15) is 18.4 Å². The summed E-state index contributed by atoms with van der Waals surface area (Å²) in [5.74, 6) is -0.648. The second kappa shape index (κ2) is 4.35. The molecule has 1 rings (SSSR count). The van der Waals surface area contributed by atoms with Crippen LogP contribution in [-0.2, 0) is 16.8 Å². The first-order valence-corrected chi connectivity index (χ1v) is 5.43. The van der Waals surface area contributed by atoms with Crippen molar-refractivity contribution in [1.29, 1.82) is 5.26 Å². The molecule has 0 bridgehead atoms. The van der Waals surface area contributed by atoms with Crippen molar-refractivity contribution in [3.63, 3.8) is 0 Å². The zero-order valence-corrected chi connectivity index (χ0v) is 8.38. The van der Waals surface area contributed by atoms with E-state index in [4.69, 9.17) is 5.26 Å². The lowest BCUT2D eigenvalue weighted by molar-refractivity contribution is 0.576. The van der Waals surface area contributed by atoms with Gasteiger partial charge in [0.25, 0.3) is 10.2 Å². The Balaban J connectivity index is 2.85. The summed E-state index contributed by atoms with van der Waals surface area (Å²) in [5, 5.41) is 13.1. The Morgan fingerprint density at radius 3 is 2.67 bits per heavy atom. The summed E-state index contributed by atoms with van der Waals surface area (Å²) in [7, 11) is -3.84. The predicted octanol–water partition coefficient (Wildman–Crippen LogP) is -0.00952. The van der Waals surface area contributed by atoms with E-state index in [1.54, 1.807) is 6.07 Å². The van der Waals surface area contributed by atoms with Crippen LogP contribution in [0.4, 0.5) is 4.39 Å². The number of nitrogens with one attached hydrogen (secondary N) is 1. The van der Waals surface area contributed by atoms with Gasteiger partial charge in [0.1, 0.15) is 5.82 Å². The number of hydrogen-bond acceptors (Lipinski definition) is 3. The number of nitrogens with two attached hydrogens (primary N) is 1. The lowest BCUT2D eigenvalue weighted by Crippen LogP contribution is -2.30. The minimum atomic E-state index is -3.84. The fraction of sp³-hybridized carbons (Fsp3) is 0.125. The highest BCUT2D eigenvalue weighted by molar-refractivity contribution is 7.87. The van der Waals surface area contributed by atoms with E-state index in [1.807, 2.05) is 4.72 Å². The molecule has 0 heterocycles. The quantitative estimate of drug-likeness (QED) is 0.762. The first kappa shape index (κ1) is 11.6. The maximum Gasteiger partial charge on any atom is 0.274 e. The lowest BCUT2D eigenvalue weighted by Gasteiger charge is -2.03. The maximum atomic E-state index is 13.2. The standard InChI is InChI=1S/C8H8FN3O2S/c9-8-3-6(4-10)1-2-7(8)5-12-15(11,13)14/h1-3,12H,5H2,(H2,11,13,14). The van der Waals surface area contributed by atoms with E-state index < -0.39 is 16.0 Å². The molecule has 0 saturated heterocycles. The van der Waals surface area contributed by atoms with Gasteiger partial charge in [0.15, 0.2) is 0 Å². The van der Waals surface area contributed by atoms with E-state index in [2.05, 4.69) is 5.14 Å². The summed E-state index contributed by atoms with van der Waals surface area (Å²) in [4.78, 5) is 0. The molecule has 0 radical (unpaired) electrons. The van der Waals surface area contributed by atoms with Gasteiger partial charge in [-0.3, -0.25) is 0 Å². The number of hydrogen-bond donors (Lipinski definition) is 2. The Hall–Kier alpha value is -1.49. The van der Waals surface area contributed by atoms with Crippen LogP contribution in [0, 0.1) is 17.1 Å². The fourth-order valence-corrected chi connectivity index (χ4v) is 1.30. The van der Waals surface area contributed by atoms with Crippen molar-refractivity contribution in [2.75, 3.05) is 0 Å². The normalized spacial score (nSPS) is 11.0. The average Bonchev–Trinajstić information content (AvgIpc) is 2.14. The number of nitrogens with zero attached hydrogens (tertiary/aromatic N) is 1. The van der Waals surface area contributed by atoms with E-state index in [0.717, 1.165) is 6.07 Å². The van der Waals surface area contributed by atoms with Crippen molar-refractivity contribution in [2.45, 2.75) is 6.54 Å². The summed E-state index contributed by atoms with van der Waals surface area (Å²) in [6, 6.07) is 5.51. The van der Waals surface area contributed by atoms with Crippen molar-refractivity contribution in [3.8, 4) is 6.07 Å². The predicted molar refractivity (Wildman–Crippen MR) is 51.1 cm³/mol. The monoisotopic (exact) mass is 229 g/mol. The van der Waals surface area contributed by atoms with Crippen molar-refractivity contribution in [3.05, 3.63) is 35.1 Å². The van der Waals surface area contributed by atoms with Crippen molar-refractivity contribution in [1.82, 2.24) is 4.72 Å². The second-order valence-electron chi connectivity index (χ2n) is 2.78. The number of nitriles is 1. The molecule has 80 valence electrons. The molecule has 0 aromatic heterocycles. The maximum absolute atomic E-state index is 13.2. The topological polar surface area (TPSA) is 96.0 Å². The van der Waals surface area contributed by atoms with Crippen molar-refractivity contribution < 1.29 is 12.8 Å². The molecule has 0 unspecified atom stereocenters. The van der Waals surface area contributed by atoms with Gasteiger partial charge < -0.3 is 0 Å². The Labute approximate surface area is 86.5 Å².